The Balaban J connectivity index is 1.98. The van der Waals surface area contributed by atoms with Crippen LogP contribution in [0, 0.1) is 0 Å². The largest absolute Gasteiger partial charge is 0.491 e. The van der Waals surface area contributed by atoms with Gasteiger partial charge >= 0.3 is 5.97 Å². The molecule has 0 bridgehead atoms. The Labute approximate surface area is 167 Å². The molecule has 2 aromatic rings. The molecule has 0 amide bonds. The summed E-state index contributed by atoms with van der Waals surface area (Å²) in [7, 11) is 1.50. The molecule has 0 aliphatic heterocycles. The Hall–Kier alpha value is -2.31. The molecule has 1 heterocycles. The molecule has 0 N–H and O–H groups in total. The average Bonchev–Trinajstić information content (AvgIpc) is 3.14. The van der Waals surface area contributed by atoms with Crippen molar-refractivity contribution in [1.29, 1.82) is 0 Å². The van der Waals surface area contributed by atoms with Crippen LogP contribution in [0.2, 0.25) is 5.02 Å². The predicted octanol–water partition coefficient (Wildman–Crippen LogP) is 4.81. The van der Waals surface area contributed by atoms with Crippen LogP contribution in [0.25, 0.3) is 6.08 Å². The third-order valence-corrected chi connectivity index (χ3v) is 5.13. The number of rotatable bonds is 9. The molecule has 0 aliphatic carbocycles. The van der Waals surface area contributed by atoms with Gasteiger partial charge in [-0.2, -0.15) is 0 Å². The maximum atomic E-state index is 12.0. The van der Waals surface area contributed by atoms with Crippen LogP contribution < -0.4 is 9.47 Å². The van der Waals surface area contributed by atoms with Crippen molar-refractivity contribution in [2.45, 2.75) is 20.3 Å². The quantitative estimate of drug-likeness (QED) is 0.338. The van der Waals surface area contributed by atoms with Gasteiger partial charge in [0, 0.05) is 11.0 Å². The molecule has 2 rings (SSSR count). The normalized spacial score (nSPS) is 10.8. The van der Waals surface area contributed by atoms with Crippen LogP contribution in [-0.4, -0.2) is 32.1 Å². The molecule has 144 valence electrons. The number of methoxy groups -OCH3 is 1. The fraction of sp³-hybridized carbons (Fsp3) is 0.300. The van der Waals surface area contributed by atoms with Gasteiger partial charge in [-0.1, -0.05) is 18.5 Å². The molecule has 7 heteroatoms. The van der Waals surface area contributed by atoms with Crippen molar-refractivity contribution in [3.05, 3.63) is 50.7 Å². The minimum atomic E-state index is -0.611. The lowest BCUT2D eigenvalue weighted by atomic mass is 10.2. The van der Waals surface area contributed by atoms with Gasteiger partial charge in [0.1, 0.15) is 0 Å². The number of thiophene rings is 1. The number of benzene rings is 1. The van der Waals surface area contributed by atoms with Crippen LogP contribution in [0.5, 0.6) is 11.5 Å². The lowest BCUT2D eigenvalue weighted by Gasteiger charge is -2.11. The number of ketones is 1. The highest BCUT2D eigenvalue weighted by Gasteiger charge is 2.12. The minimum absolute atomic E-state index is 0.215. The second-order valence-electron chi connectivity index (χ2n) is 5.45. The van der Waals surface area contributed by atoms with Gasteiger partial charge in [-0.25, -0.2) is 4.79 Å². The number of carbonyl (C=O) groups excluding carboxylic acids is 2. The van der Waals surface area contributed by atoms with E-state index in [9.17, 15) is 9.59 Å². The molecule has 0 aliphatic rings. The molecule has 5 nitrogen and oxygen atoms in total. The van der Waals surface area contributed by atoms with E-state index < -0.39 is 5.97 Å². The second-order valence-corrected chi connectivity index (χ2v) is 7.03. The smallest absolute Gasteiger partial charge is 0.331 e. The molecular weight excluding hydrogens is 388 g/mol. The van der Waals surface area contributed by atoms with Crippen LogP contribution in [0.4, 0.5) is 0 Å². The summed E-state index contributed by atoms with van der Waals surface area (Å²) in [6, 6.07) is 7.02. The van der Waals surface area contributed by atoms with Crippen LogP contribution >= 0.6 is 22.9 Å². The molecular formula is C20H21ClO5S. The summed E-state index contributed by atoms with van der Waals surface area (Å²) in [6.07, 6.45) is 3.66. The molecule has 0 unspecified atom stereocenters. The molecule has 0 atom stereocenters. The van der Waals surface area contributed by atoms with Crippen LogP contribution in [0.3, 0.4) is 0 Å². The Morgan fingerprint density at radius 3 is 2.63 bits per heavy atom. The first-order valence-corrected chi connectivity index (χ1v) is 9.65. The Bertz CT molecular complexity index is 841. The predicted molar refractivity (Wildman–Crippen MR) is 107 cm³/mol. The standard InChI is InChI=1S/C20H21ClO5S/c1-4-14-7-8-18(27-14)16(22)12-26-19(23)9-6-13-10-15(21)20(24-3)17(11-13)25-5-2/h6-11H,4-5,12H2,1-3H3/b9-6+. The van der Waals surface area contributed by atoms with Gasteiger partial charge in [0.25, 0.3) is 0 Å². The number of aryl methyl sites for hydroxylation is 1. The molecule has 0 saturated heterocycles. The number of halogens is 1. The van der Waals surface area contributed by atoms with E-state index in [0.29, 0.717) is 33.6 Å². The van der Waals surface area contributed by atoms with Crippen molar-refractivity contribution in [2.75, 3.05) is 20.3 Å². The van der Waals surface area contributed by atoms with Gasteiger partial charge in [-0.15, -0.1) is 11.3 Å². The third-order valence-electron chi connectivity index (χ3n) is 3.58. The zero-order chi connectivity index (χ0) is 19.8. The third kappa shape index (κ3) is 5.84. The van der Waals surface area contributed by atoms with Crippen molar-refractivity contribution in [2.24, 2.45) is 0 Å². The lowest BCUT2D eigenvalue weighted by Crippen LogP contribution is -2.11. The van der Waals surface area contributed by atoms with E-state index in [1.165, 1.54) is 24.5 Å². The van der Waals surface area contributed by atoms with Gasteiger partial charge in [-0.05, 0) is 49.2 Å². The molecule has 0 spiro atoms. The highest BCUT2D eigenvalue weighted by Crippen LogP contribution is 2.36. The summed E-state index contributed by atoms with van der Waals surface area (Å²) < 4.78 is 15.7. The zero-order valence-corrected chi connectivity index (χ0v) is 17.0. The van der Waals surface area contributed by atoms with Gasteiger partial charge < -0.3 is 14.2 Å². The fourth-order valence-electron chi connectivity index (χ4n) is 2.28. The van der Waals surface area contributed by atoms with E-state index in [1.807, 2.05) is 19.9 Å². The summed E-state index contributed by atoms with van der Waals surface area (Å²) in [5.41, 5.74) is 0.651. The van der Waals surface area contributed by atoms with Crippen LogP contribution in [0.1, 0.15) is 34.0 Å². The van der Waals surface area contributed by atoms with Crippen molar-refractivity contribution in [1.82, 2.24) is 0 Å². The van der Waals surface area contributed by atoms with E-state index in [0.717, 1.165) is 11.3 Å². The maximum Gasteiger partial charge on any atom is 0.331 e. The number of Topliss-reactive ketones (excluding diaryl/α,β-unsaturated/α-hetero) is 1. The van der Waals surface area contributed by atoms with Gasteiger partial charge in [0.2, 0.25) is 5.78 Å². The number of hydrogen-bond acceptors (Lipinski definition) is 6. The van der Waals surface area contributed by atoms with Crippen molar-refractivity contribution < 1.29 is 23.8 Å². The average molecular weight is 409 g/mol. The summed E-state index contributed by atoms with van der Waals surface area (Å²) in [5, 5.41) is 0.371. The molecule has 0 fully saturated rings. The molecule has 1 aromatic heterocycles. The molecule has 0 radical (unpaired) electrons. The first-order chi connectivity index (χ1) is 13.0. The van der Waals surface area contributed by atoms with Gasteiger partial charge in [0.15, 0.2) is 18.1 Å². The zero-order valence-electron chi connectivity index (χ0n) is 15.4. The monoisotopic (exact) mass is 408 g/mol. The number of hydrogen-bond donors (Lipinski definition) is 0. The van der Waals surface area contributed by atoms with Gasteiger partial charge in [0.05, 0.1) is 23.6 Å². The number of ether oxygens (including phenoxy) is 3. The molecule has 27 heavy (non-hydrogen) atoms. The highest BCUT2D eigenvalue weighted by molar-refractivity contribution is 7.14. The number of esters is 1. The van der Waals surface area contributed by atoms with Crippen molar-refractivity contribution in [3.8, 4) is 11.5 Å². The maximum absolute atomic E-state index is 12.0. The summed E-state index contributed by atoms with van der Waals surface area (Å²) in [6.45, 7) is 4.03. The fourth-order valence-corrected chi connectivity index (χ4v) is 3.45. The van der Waals surface area contributed by atoms with Gasteiger partial charge in [-0.3, -0.25) is 4.79 Å². The van der Waals surface area contributed by atoms with E-state index in [1.54, 1.807) is 24.3 Å². The summed E-state index contributed by atoms with van der Waals surface area (Å²) in [4.78, 5) is 25.6. The van der Waals surface area contributed by atoms with Crippen LogP contribution in [0.15, 0.2) is 30.3 Å². The van der Waals surface area contributed by atoms with Crippen LogP contribution in [-0.2, 0) is 16.0 Å². The second kappa shape index (κ2) is 10.1. The summed E-state index contributed by atoms with van der Waals surface area (Å²) in [5.74, 6) is 0.0967. The van der Waals surface area contributed by atoms with E-state index >= 15 is 0 Å². The topological polar surface area (TPSA) is 61.8 Å². The van der Waals surface area contributed by atoms with Crippen molar-refractivity contribution in [3.63, 3.8) is 0 Å². The Kier molecular flexibility index (Phi) is 7.88. The van der Waals surface area contributed by atoms with Crippen molar-refractivity contribution >= 4 is 40.8 Å². The van der Waals surface area contributed by atoms with E-state index in [4.69, 9.17) is 25.8 Å². The highest BCUT2D eigenvalue weighted by atomic mass is 35.5. The first kappa shape index (κ1) is 21.0. The number of carbonyl (C=O) groups is 2. The Morgan fingerprint density at radius 2 is 2.00 bits per heavy atom. The molecule has 1 aromatic carbocycles. The molecule has 0 saturated carbocycles. The first-order valence-electron chi connectivity index (χ1n) is 8.45. The van der Waals surface area contributed by atoms with E-state index in [2.05, 4.69) is 0 Å². The van der Waals surface area contributed by atoms with E-state index in [-0.39, 0.29) is 12.4 Å². The SMILES string of the molecule is CCOc1cc(/C=C/C(=O)OCC(=O)c2ccc(CC)s2)cc(Cl)c1OC. The Morgan fingerprint density at radius 1 is 1.22 bits per heavy atom. The minimum Gasteiger partial charge on any atom is -0.491 e. The summed E-state index contributed by atoms with van der Waals surface area (Å²) >= 11 is 7.59. The lowest BCUT2D eigenvalue weighted by molar-refractivity contribution is -0.136.